The first kappa shape index (κ1) is 20.8. The van der Waals surface area contributed by atoms with Gasteiger partial charge in [-0.2, -0.15) is 0 Å². The smallest absolute Gasteiger partial charge is 0.119 e. The van der Waals surface area contributed by atoms with Gasteiger partial charge in [-0.25, -0.2) is 4.98 Å². The van der Waals surface area contributed by atoms with Gasteiger partial charge >= 0.3 is 0 Å². The SMILES string of the molecule is CC(C)c1ccc(OCCC(O)N2CCC(c3cnc4ccccc4n3)CC2)cc1. The number of rotatable bonds is 7. The minimum Gasteiger partial charge on any atom is -0.493 e. The predicted octanol–water partition coefficient (Wildman–Crippen LogP) is 4.72. The average Bonchev–Trinajstić information content (AvgIpc) is 2.79. The van der Waals surface area contributed by atoms with Crippen molar-refractivity contribution in [2.24, 2.45) is 0 Å². The van der Waals surface area contributed by atoms with Crippen LogP contribution in [-0.4, -0.2) is 45.9 Å². The number of hydrogen-bond acceptors (Lipinski definition) is 5. The molecule has 0 spiro atoms. The number of para-hydroxylation sites is 2. The molecule has 2 aromatic carbocycles. The van der Waals surface area contributed by atoms with Gasteiger partial charge in [0.05, 0.1) is 23.3 Å². The van der Waals surface area contributed by atoms with Crippen LogP contribution in [0.15, 0.2) is 54.7 Å². The number of fused-ring (bicyclic) bond motifs is 1. The largest absolute Gasteiger partial charge is 0.493 e. The van der Waals surface area contributed by atoms with Crippen LogP contribution in [0.5, 0.6) is 5.75 Å². The van der Waals surface area contributed by atoms with Crippen LogP contribution in [0.1, 0.15) is 56.2 Å². The Morgan fingerprint density at radius 3 is 2.43 bits per heavy atom. The van der Waals surface area contributed by atoms with Crippen LogP contribution in [0, 0.1) is 0 Å². The molecule has 3 aromatic rings. The molecule has 2 heterocycles. The number of piperidine rings is 1. The highest BCUT2D eigenvalue weighted by molar-refractivity contribution is 5.73. The quantitative estimate of drug-likeness (QED) is 0.616. The van der Waals surface area contributed by atoms with E-state index in [2.05, 4.69) is 35.9 Å². The molecular formula is C25H31N3O2. The van der Waals surface area contributed by atoms with Crippen molar-refractivity contribution in [3.8, 4) is 5.75 Å². The van der Waals surface area contributed by atoms with E-state index in [0.29, 0.717) is 24.9 Å². The second-order valence-electron chi connectivity index (χ2n) is 8.44. The molecule has 1 aromatic heterocycles. The van der Waals surface area contributed by atoms with E-state index in [9.17, 15) is 5.11 Å². The molecule has 4 rings (SSSR count). The lowest BCUT2D eigenvalue weighted by atomic mass is 9.93. The molecule has 1 N–H and O–H groups in total. The van der Waals surface area contributed by atoms with Gasteiger partial charge in [-0.1, -0.05) is 38.1 Å². The van der Waals surface area contributed by atoms with Crippen LogP contribution in [0.2, 0.25) is 0 Å². The fourth-order valence-corrected chi connectivity index (χ4v) is 4.08. The second kappa shape index (κ2) is 9.54. The highest BCUT2D eigenvalue weighted by atomic mass is 16.5. The molecular weight excluding hydrogens is 374 g/mol. The Bertz CT molecular complexity index is 950. The number of benzene rings is 2. The molecule has 5 nitrogen and oxygen atoms in total. The summed E-state index contributed by atoms with van der Waals surface area (Å²) in [6, 6.07) is 16.2. The number of aliphatic hydroxyl groups is 1. The van der Waals surface area contributed by atoms with E-state index < -0.39 is 6.23 Å². The second-order valence-corrected chi connectivity index (χ2v) is 8.44. The third kappa shape index (κ3) is 4.97. The Kier molecular flexibility index (Phi) is 6.60. The number of nitrogens with zero attached hydrogens (tertiary/aromatic N) is 3. The van der Waals surface area contributed by atoms with Crippen LogP contribution in [0.25, 0.3) is 11.0 Å². The molecule has 0 saturated carbocycles. The zero-order valence-corrected chi connectivity index (χ0v) is 17.9. The molecule has 5 heteroatoms. The van der Waals surface area contributed by atoms with E-state index in [0.717, 1.165) is 48.4 Å². The van der Waals surface area contributed by atoms with E-state index in [1.807, 2.05) is 42.6 Å². The van der Waals surface area contributed by atoms with Gasteiger partial charge in [0.25, 0.3) is 0 Å². The summed E-state index contributed by atoms with van der Waals surface area (Å²) in [5, 5.41) is 10.6. The summed E-state index contributed by atoms with van der Waals surface area (Å²) in [4.78, 5) is 11.5. The molecule has 1 unspecified atom stereocenters. The van der Waals surface area contributed by atoms with Crippen molar-refractivity contribution in [3.63, 3.8) is 0 Å². The standard InChI is InChI=1S/C25H31N3O2/c1-18(2)19-7-9-21(10-8-19)30-16-13-25(29)28-14-11-20(12-15-28)24-17-26-22-5-3-4-6-23(22)27-24/h3-10,17-18,20,25,29H,11-16H2,1-2H3. The van der Waals surface area contributed by atoms with E-state index >= 15 is 0 Å². The summed E-state index contributed by atoms with van der Waals surface area (Å²) < 4.78 is 5.83. The van der Waals surface area contributed by atoms with Gasteiger partial charge in [0, 0.05) is 31.6 Å². The van der Waals surface area contributed by atoms with Crippen molar-refractivity contribution in [1.29, 1.82) is 0 Å². The molecule has 1 aliphatic rings. The molecule has 30 heavy (non-hydrogen) atoms. The van der Waals surface area contributed by atoms with Crippen LogP contribution in [0.4, 0.5) is 0 Å². The molecule has 0 radical (unpaired) electrons. The first-order chi connectivity index (χ1) is 14.6. The van der Waals surface area contributed by atoms with Gasteiger partial charge in [0.1, 0.15) is 12.0 Å². The third-order valence-corrected chi connectivity index (χ3v) is 6.03. The van der Waals surface area contributed by atoms with Crippen molar-refractivity contribution in [3.05, 3.63) is 66.0 Å². The van der Waals surface area contributed by atoms with E-state index in [1.165, 1.54) is 5.56 Å². The molecule has 0 aliphatic carbocycles. The molecule has 0 bridgehead atoms. The fourth-order valence-electron chi connectivity index (χ4n) is 4.08. The Balaban J connectivity index is 1.24. The molecule has 158 valence electrons. The van der Waals surface area contributed by atoms with Crippen molar-refractivity contribution in [2.45, 2.75) is 51.2 Å². The highest BCUT2D eigenvalue weighted by Crippen LogP contribution is 2.28. The van der Waals surface area contributed by atoms with E-state index in [1.54, 1.807) is 0 Å². The summed E-state index contributed by atoms with van der Waals surface area (Å²) in [6.45, 7) is 6.61. The highest BCUT2D eigenvalue weighted by Gasteiger charge is 2.25. The number of aliphatic hydroxyl groups excluding tert-OH is 1. The zero-order chi connectivity index (χ0) is 20.9. The maximum atomic E-state index is 10.6. The maximum Gasteiger partial charge on any atom is 0.119 e. The lowest BCUT2D eigenvalue weighted by Gasteiger charge is -2.34. The van der Waals surface area contributed by atoms with Gasteiger partial charge in [-0.3, -0.25) is 9.88 Å². The number of likely N-dealkylation sites (tertiary alicyclic amines) is 1. The van der Waals surface area contributed by atoms with E-state index in [4.69, 9.17) is 9.72 Å². The molecule has 0 amide bonds. The minimum atomic E-state index is -0.469. The lowest BCUT2D eigenvalue weighted by Crippen LogP contribution is -2.41. The third-order valence-electron chi connectivity index (χ3n) is 6.03. The summed E-state index contributed by atoms with van der Waals surface area (Å²) in [5.41, 5.74) is 4.27. The summed E-state index contributed by atoms with van der Waals surface area (Å²) in [6.07, 6.45) is 4.02. The zero-order valence-electron chi connectivity index (χ0n) is 17.9. The summed E-state index contributed by atoms with van der Waals surface area (Å²) in [5.74, 6) is 1.78. The van der Waals surface area contributed by atoms with Gasteiger partial charge in [-0.05, 0) is 48.6 Å². The summed E-state index contributed by atoms with van der Waals surface area (Å²) >= 11 is 0. The Hall–Kier alpha value is -2.50. The molecule has 1 atom stereocenters. The first-order valence-corrected chi connectivity index (χ1v) is 11.0. The van der Waals surface area contributed by atoms with Gasteiger partial charge in [-0.15, -0.1) is 0 Å². The van der Waals surface area contributed by atoms with Crippen LogP contribution < -0.4 is 4.74 Å². The van der Waals surface area contributed by atoms with Gasteiger partial charge < -0.3 is 9.84 Å². The van der Waals surface area contributed by atoms with Crippen molar-refractivity contribution in [2.75, 3.05) is 19.7 Å². The number of aromatic nitrogens is 2. The average molecular weight is 406 g/mol. The normalized spacial score (nSPS) is 16.8. The monoisotopic (exact) mass is 405 g/mol. The number of hydrogen-bond donors (Lipinski definition) is 1. The predicted molar refractivity (Wildman–Crippen MR) is 120 cm³/mol. The maximum absolute atomic E-state index is 10.6. The van der Waals surface area contributed by atoms with Crippen LogP contribution in [-0.2, 0) is 0 Å². The Labute approximate surface area is 178 Å². The van der Waals surface area contributed by atoms with Crippen LogP contribution >= 0.6 is 0 Å². The molecule has 1 aliphatic heterocycles. The van der Waals surface area contributed by atoms with Gasteiger partial charge in [0.2, 0.25) is 0 Å². The Morgan fingerprint density at radius 1 is 1.03 bits per heavy atom. The number of ether oxygens (including phenoxy) is 1. The fraction of sp³-hybridized carbons (Fsp3) is 0.440. The van der Waals surface area contributed by atoms with Gasteiger partial charge in [0.15, 0.2) is 0 Å². The topological polar surface area (TPSA) is 58.5 Å². The lowest BCUT2D eigenvalue weighted by molar-refractivity contribution is -0.0237. The minimum absolute atomic E-state index is 0.404. The Morgan fingerprint density at radius 2 is 1.73 bits per heavy atom. The first-order valence-electron chi connectivity index (χ1n) is 11.0. The van der Waals surface area contributed by atoms with Crippen molar-refractivity contribution in [1.82, 2.24) is 14.9 Å². The van der Waals surface area contributed by atoms with Crippen molar-refractivity contribution >= 4 is 11.0 Å². The van der Waals surface area contributed by atoms with Crippen molar-refractivity contribution < 1.29 is 9.84 Å². The summed E-state index contributed by atoms with van der Waals surface area (Å²) in [7, 11) is 0. The molecule has 1 fully saturated rings. The van der Waals surface area contributed by atoms with Crippen LogP contribution in [0.3, 0.4) is 0 Å². The van der Waals surface area contributed by atoms with E-state index in [-0.39, 0.29) is 0 Å². The molecule has 1 saturated heterocycles.